The van der Waals surface area contributed by atoms with Crippen LogP contribution < -0.4 is 0 Å². The molecule has 5 rings (SSSR count). The second-order valence-electron chi connectivity index (χ2n) is 7.55. The average Bonchev–Trinajstić information content (AvgIpc) is 3.19. The van der Waals surface area contributed by atoms with E-state index in [9.17, 15) is 5.11 Å². The Balaban J connectivity index is 1.65. The van der Waals surface area contributed by atoms with Crippen molar-refractivity contribution in [3.05, 3.63) is 108 Å². The van der Waals surface area contributed by atoms with Gasteiger partial charge in [-0.25, -0.2) is 0 Å². The molecule has 1 aliphatic carbocycles. The molecule has 1 aromatic heterocycles. The largest absolute Gasteiger partial charge is 0.506 e. The molecule has 0 amide bonds. The Morgan fingerprint density at radius 1 is 1.10 bits per heavy atom. The van der Waals surface area contributed by atoms with Crippen molar-refractivity contribution >= 4 is 54.9 Å². The Morgan fingerprint density at radius 2 is 1.97 bits per heavy atom. The summed E-state index contributed by atoms with van der Waals surface area (Å²) in [7, 11) is 0. The van der Waals surface area contributed by atoms with E-state index in [1.165, 1.54) is 22.9 Å². The van der Waals surface area contributed by atoms with E-state index < -0.39 is 0 Å². The van der Waals surface area contributed by atoms with E-state index in [1.54, 1.807) is 11.3 Å². The van der Waals surface area contributed by atoms with Crippen LogP contribution in [0.5, 0.6) is 5.75 Å². The summed E-state index contributed by atoms with van der Waals surface area (Å²) >= 11 is 1.56. The van der Waals surface area contributed by atoms with Gasteiger partial charge in [-0.3, -0.25) is 0 Å². The SMILES string of the molecule is C=C/C(=C\C=C1/CC=Cc2ccccc21)c1cc(O)c2sc3cccc(C=N)c3c2c1. The van der Waals surface area contributed by atoms with Crippen molar-refractivity contribution in [1.29, 1.82) is 5.41 Å². The fraction of sp³-hybridized carbons (Fsp3) is 0.0357. The first-order valence-electron chi connectivity index (χ1n) is 10.2. The summed E-state index contributed by atoms with van der Waals surface area (Å²) < 4.78 is 1.92. The van der Waals surface area contributed by atoms with Crippen LogP contribution in [0.3, 0.4) is 0 Å². The summed E-state index contributed by atoms with van der Waals surface area (Å²) in [6.07, 6.45) is 12.7. The minimum Gasteiger partial charge on any atom is -0.506 e. The van der Waals surface area contributed by atoms with Gasteiger partial charge in [0, 0.05) is 27.3 Å². The lowest BCUT2D eigenvalue weighted by molar-refractivity contribution is 0.482. The maximum atomic E-state index is 10.8. The van der Waals surface area contributed by atoms with Gasteiger partial charge < -0.3 is 10.5 Å². The van der Waals surface area contributed by atoms with Crippen LogP contribution in [-0.2, 0) is 0 Å². The molecule has 2 N–H and O–H groups in total. The number of rotatable bonds is 4. The molecule has 1 heterocycles. The fourth-order valence-electron chi connectivity index (χ4n) is 4.21. The Bertz CT molecular complexity index is 1450. The topological polar surface area (TPSA) is 44.1 Å². The molecule has 0 spiro atoms. The van der Waals surface area contributed by atoms with Crippen LogP contribution in [-0.4, -0.2) is 11.3 Å². The Labute approximate surface area is 185 Å². The van der Waals surface area contributed by atoms with E-state index in [1.807, 2.05) is 30.3 Å². The molecule has 3 heteroatoms. The molecular formula is C28H21NOS. The minimum absolute atomic E-state index is 0.260. The van der Waals surface area contributed by atoms with E-state index >= 15 is 0 Å². The number of thiophene rings is 1. The summed E-state index contributed by atoms with van der Waals surface area (Å²) in [5.74, 6) is 0.260. The third-order valence-corrected chi connectivity index (χ3v) is 6.92. The lowest BCUT2D eigenvalue weighted by Crippen LogP contribution is -1.92. The first-order valence-corrected chi connectivity index (χ1v) is 11.0. The highest BCUT2D eigenvalue weighted by molar-refractivity contribution is 7.26. The molecule has 3 aromatic carbocycles. The minimum atomic E-state index is 0.260. The first-order chi connectivity index (χ1) is 15.2. The third kappa shape index (κ3) is 3.33. The zero-order valence-electron chi connectivity index (χ0n) is 16.9. The van der Waals surface area contributed by atoms with E-state index in [2.05, 4.69) is 61.2 Å². The molecule has 0 bridgehead atoms. The third-order valence-electron chi connectivity index (χ3n) is 5.72. The molecule has 31 heavy (non-hydrogen) atoms. The highest BCUT2D eigenvalue weighted by Crippen LogP contribution is 2.42. The molecule has 0 radical (unpaired) electrons. The van der Waals surface area contributed by atoms with Crippen molar-refractivity contribution in [2.24, 2.45) is 0 Å². The molecule has 0 saturated heterocycles. The molecular weight excluding hydrogens is 398 g/mol. The molecule has 1 aliphatic rings. The number of allylic oxidation sites excluding steroid dienone is 6. The first kappa shape index (κ1) is 19.3. The van der Waals surface area contributed by atoms with E-state index in [4.69, 9.17) is 5.41 Å². The lowest BCUT2D eigenvalue weighted by atomic mass is 9.91. The van der Waals surface area contributed by atoms with Gasteiger partial charge in [-0.1, -0.05) is 73.4 Å². The van der Waals surface area contributed by atoms with Crippen molar-refractivity contribution in [3.8, 4) is 5.75 Å². The normalized spacial score (nSPS) is 14.8. The number of benzene rings is 3. The predicted octanol–water partition coefficient (Wildman–Crippen LogP) is 7.83. The summed E-state index contributed by atoms with van der Waals surface area (Å²) in [6, 6.07) is 18.2. The van der Waals surface area contributed by atoms with Crippen LogP contribution in [0.15, 0.2) is 85.5 Å². The van der Waals surface area contributed by atoms with Crippen LogP contribution in [0.1, 0.15) is 28.7 Å². The van der Waals surface area contributed by atoms with E-state index in [0.717, 1.165) is 43.3 Å². The molecule has 2 nitrogen and oxygen atoms in total. The zero-order chi connectivity index (χ0) is 21.4. The van der Waals surface area contributed by atoms with E-state index in [0.29, 0.717) is 0 Å². The number of fused-ring (bicyclic) bond motifs is 4. The number of phenols is 1. The Kier molecular flexibility index (Phi) is 4.89. The predicted molar refractivity (Wildman–Crippen MR) is 135 cm³/mol. The number of hydrogen-bond donors (Lipinski definition) is 2. The van der Waals surface area contributed by atoms with Crippen molar-refractivity contribution in [1.82, 2.24) is 0 Å². The van der Waals surface area contributed by atoms with Gasteiger partial charge in [0.15, 0.2) is 0 Å². The zero-order valence-corrected chi connectivity index (χ0v) is 17.7. The Morgan fingerprint density at radius 3 is 2.81 bits per heavy atom. The van der Waals surface area contributed by atoms with Gasteiger partial charge in [0.1, 0.15) is 5.75 Å². The van der Waals surface area contributed by atoms with Crippen molar-refractivity contribution in [2.45, 2.75) is 6.42 Å². The molecule has 0 saturated carbocycles. The van der Waals surface area contributed by atoms with Gasteiger partial charge in [-0.15, -0.1) is 11.3 Å². The van der Waals surface area contributed by atoms with Crippen LogP contribution in [0, 0.1) is 5.41 Å². The van der Waals surface area contributed by atoms with Gasteiger partial charge in [0.05, 0.1) is 4.70 Å². The van der Waals surface area contributed by atoms with Crippen molar-refractivity contribution in [3.63, 3.8) is 0 Å². The summed E-state index contributed by atoms with van der Waals surface area (Å²) in [5, 5.41) is 20.5. The number of hydrogen-bond acceptors (Lipinski definition) is 3. The maximum absolute atomic E-state index is 10.8. The number of phenolic OH excluding ortho intramolecular Hbond substituents is 1. The summed E-state index contributed by atoms with van der Waals surface area (Å²) in [4.78, 5) is 0. The second kappa shape index (κ2) is 7.86. The van der Waals surface area contributed by atoms with Crippen LogP contribution in [0.2, 0.25) is 0 Å². The van der Waals surface area contributed by atoms with Gasteiger partial charge in [0.2, 0.25) is 0 Å². The van der Waals surface area contributed by atoms with Gasteiger partial charge in [-0.05, 0) is 52.5 Å². The van der Waals surface area contributed by atoms with Crippen LogP contribution >= 0.6 is 11.3 Å². The fourth-order valence-corrected chi connectivity index (χ4v) is 5.34. The maximum Gasteiger partial charge on any atom is 0.134 e. The molecule has 0 unspecified atom stereocenters. The average molecular weight is 420 g/mol. The van der Waals surface area contributed by atoms with Crippen LogP contribution in [0.4, 0.5) is 0 Å². The lowest BCUT2D eigenvalue weighted by Gasteiger charge is -2.13. The second-order valence-corrected chi connectivity index (χ2v) is 8.60. The molecule has 0 aliphatic heterocycles. The standard InChI is InChI=1S/C28H21NOS/c1-2-18(13-14-20-9-5-8-19-7-3-4-11-23(19)20)22-15-24-27-21(17-29)10-6-12-26(27)31-28(24)25(30)16-22/h2-8,10-17,29-30H,1,9H2/b18-13+,20-14+,29-17?. The molecule has 4 aromatic rings. The smallest absolute Gasteiger partial charge is 0.134 e. The highest BCUT2D eigenvalue weighted by Gasteiger charge is 2.14. The monoisotopic (exact) mass is 419 g/mol. The van der Waals surface area contributed by atoms with Gasteiger partial charge in [-0.2, -0.15) is 0 Å². The van der Waals surface area contributed by atoms with Crippen LogP contribution in [0.25, 0.3) is 37.4 Å². The molecule has 150 valence electrons. The van der Waals surface area contributed by atoms with Gasteiger partial charge in [0.25, 0.3) is 0 Å². The van der Waals surface area contributed by atoms with Crippen molar-refractivity contribution < 1.29 is 5.11 Å². The van der Waals surface area contributed by atoms with Crippen molar-refractivity contribution in [2.75, 3.05) is 0 Å². The van der Waals surface area contributed by atoms with E-state index in [-0.39, 0.29) is 5.75 Å². The molecule has 0 atom stereocenters. The quantitative estimate of drug-likeness (QED) is 0.257. The molecule has 0 fully saturated rings. The summed E-state index contributed by atoms with van der Waals surface area (Å²) in [5.41, 5.74) is 6.46. The number of aromatic hydroxyl groups is 1. The summed E-state index contributed by atoms with van der Waals surface area (Å²) in [6.45, 7) is 4.01. The Hall–Kier alpha value is -3.69. The highest BCUT2D eigenvalue weighted by atomic mass is 32.1. The van der Waals surface area contributed by atoms with Gasteiger partial charge >= 0.3 is 0 Å². The number of nitrogens with one attached hydrogen (secondary N) is 1.